The molecule has 2 aromatic rings. The molecule has 10 heteroatoms. The lowest BCUT2D eigenvalue weighted by Crippen LogP contribution is -2.45. The number of hydrogen-bond acceptors (Lipinski definition) is 7. The monoisotopic (exact) mass is 517 g/mol. The number of ether oxygens (including phenoxy) is 2. The molecule has 0 spiro atoms. The number of aromatic nitrogens is 1. The number of hydrogen-bond donors (Lipinski definition) is 1. The summed E-state index contributed by atoms with van der Waals surface area (Å²) in [5.41, 5.74) is -0.249. The first-order chi connectivity index (χ1) is 16.9. The fraction of sp³-hybridized carbons (Fsp3) is 0.577. The maximum atomic E-state index is 15.7. The van der Waals surface area contributed by atoms with Gasteiger partial charge in [-0.25, -0.2) is 14.0 Å². The van der Waals surface area contributed by atoms with E-state index in [1.165, 1.54) is 31.0 Å². The third kappa shape index (κ3) is 4.23. The summed E-state index contributed by atoms with van der Waals surface area (Å²) in [4.78, 5) is 40.7. The van der Waals surface area contributed by atoms with E-state index in [1.807, 2.05) is 32.6 Å². The van der Waals surface area contributed by atoms with E-state index in [4.69, 9.17) is 9.47 Å². The number of nitrogens with zero attached hydrogens (tertiary/aromatic N) is 2. The van der Waals surface area contributed by atoms with Crippen molar-refractivity contribution in [2.75, 3.05) is 30.9 Å². The quantitative estimate of drug-likeness (QED) is 0.598. The first-order valence-corrected chi connectivity index (χ1v) is 13.3. The van der Waals surface area contributed by atoms with Gasteiger partial charge in [-0.1, -0.05) is 0 Å². The molecule has 3 heterocycles. The summed E-state index contributed by atoms with van der Waals surface area (Å²) >= 11 is 1.54. The Hall–Kier alpha value is -2.75. The van der Waals surface area contributed by atoms with Gasteiger partial charge in [0, 0.05) is 41.7 Å². The summed E-state index contributed by atoms with van der Waals surface area (Å²) in [5, 5.41) is 3.60. The van der Waals surface area contributed by atoms with Gasteiger partial charge in [-0.2, -0.15) is 0 Å². The van der Waals surface area contributed by atoms with Crippen LogP contribution < -0.4 is 15.8 Å². The highest BCUT2D eigenvalue weighted by atomic mass is 32.2. The molecule has 2 aliphatic heterocycles. The van der Waals surface area contributed by atoms with Gasteiger partial charge in [0.1, 0.15) is 17.0 Å². The molecule has 3 aliphatic rings. The number of alkyl carbamates (subject to hydrolysis) is 1. The zero-order valence-electron chi connectivity index (χ0n) is 21.3. The molecule has 2 fully saturated rings. The molecule has 1 amide bonds. The van der Waals surface area contributed by atoms with Gasteiger partial charge in [0.25, 0.3) is 5.56 Å². The molecule has 0 radical (unpaired) electrons. The van der Waals surface area contributed by atoms with Crippen LogP contribution in [0.5, 0.6) is 0 Å². The Bertz CT molecular complexity index is 1310. The highest BCUT2D eigenvalue weighted by molar-refractivity contribution is 7.99. The number of pyridine rings is 1. The summed E-state index contributed by atoms with van der Waals surface area (Å²) < 4.78 is 27.5. The zero-order valence-corrected chi connectivity index (χ0v) is 22.1. The molecule has 2 atom stereocenters. The third-order valence-corrected chi connectivity index (χ3v) is 8.67. The molecule has 1 aliphatic carbocycles. The minimum Gasteiger partial charge on any atom is -0.465 e. The van der Waals surface area contributed by atoms with Crippen molar-refractivity contribution in [1.29, 1.82) is 0 Å². The average molecular weight is 518 g/mol. The first-order valence-electron chi connectivity index (χ1n) is 12.3. The van der Waals surface area contributed by atoms with Crippen molar-refractivity contribution < 1.29 is 23.5 Å². The number of benzene rings is 1. The number of rotatable bonds is 4. The molecule has 1 aromatic carbocycles. The van der Waals surface area contributed by atoms with Crippen LogP contribution in [0.15, 0.2) is 21.8 Å². The number of methoxy groups -OCH3 is 1. The lowest BCUT2D eigenvalue weighted by Gasteiger charge is -2.31. The molecule has 0 bridgehead atoms. The molecule has 5 rings (SSSR count). The average Bonchev–Trinajstić information content (AvgIpc) is 3.39. The van der Waals surface area contributed by atoms with Crippen LogP contribution in [0.3, 0.4) is 0 Å². The van der Waals surface area contributed by atoms with E-state index in [9.17, 15) is 14.4 Å². The smallest absolute Gasteiger partial charge is 0.408 e. The second kappa shape index (κ2) is 8.68. The predicted octanol–water partition coefficient (Wildman–Crippen LogP) is 4.48. The lowest BCUT2D eigenvalue weighted by atomic mass is 9.96. The largest absolute Gasteiger partial charge is 0.465 e. The molecule has 1 saturated heterocycles. The Labute approximate surface area is 213 Å². The SMILES string of the molecule is COC(=O)c1cc2cc(F)c(N3CC[C@@H](C4(NC(=O)OC(C)(C)C)CC4)C3)c3c2n(c1=O)[C@@H](C)CS3. The minimum absolute atomic E-state index is 0.0908. The summed E-state index contributed by atoms with van der Waals surface area (Å²) in [6, 6.07) is 2.69. The van der Waals surface area contributed by atoms with Crippen LogP contribution in [0.1, 0.15) is 63.4 Å². The van der Waals surface area contributed by atoms with Gasteiger partial charge in [-0.3, -0.25) is 4.79 Å². The van der Waals surface area contributed by atoms with Crippen LogP contribution >= 0.6 is 11.8 Å². The number of thioether (sulfide) groups is 1. The Kier molecular flexibility index (Phi) is 6.01. The van der Waals surface area contributed by atoms with E-state index in [-0.39, 0.29) is 28.9 Å². The standard InChI is InChI=1S/C26H32FN3O5S/c1-14-13-36-21-19-15(10-17(23(32)34-5)22(31)30(14)19)11-18(27)20(21)29-9-6-16(12-29)26(7-8-26)28-24(33)35-25(2,3)4/h10-11,14,16H,6-9,12-13H2,1-5H3,(H,28,33)/t14-,16+/m0/s1. The van der Waals surface area contributed by atoms with Gasteiger partial charge < -0.3 is 24.3 Å². The van der Waals surface area contributed by atoms with Crippen molar-refractivity contribution in [3.8, 4) is 0 Å². The van der Waals surface area contributed by atoms with Crippen LogP contribution in [0.2, 0.25) is 0 Å². The van der Waals surface area contributed by atoms with Gasteiger partial charge in [0.05, 0.1) is 23.2 Å². The molecule has 36 heavy (non-hydrogen) atoms. The van der Waals surface area contributed by atoms with E-state index in [1.54, 1.807) is 4.57 Å². The summed E-state index contributed by atoms with van der Waals surface area (Å²) in [5.74, 6) is -0.351. The molecule has 0 unspecified atom stereocenters. The van der Waals surface area contributed by atoms with Gasteiger partial charge in [0.2, 0.25) is 0 Å². The minimum atomic E-state index is -0.725. The molecular weight excluding hydrogens is 485 g/mol. The number of amides is 1. The molecule has 1 aromatic heterocycles. The van der Waals surface area contributed by atoms with E-state index >= 15 is 4.39 Å². The van der Waals surface area contributed by atoms with Crippen molar-refractivity contribution >= 4 is 40.4 Å². The number of esters is 1. The Morgan fingerprint density at radius 2 is 1.97 bits per heavy atom. The number of nitrogens with one attached hydrogen (secondary N) is 1. The normalized spacial score (nSPS) is 22.4. The van der Waals surface area contributed by atoms with Crippen LogP contribution in [0, 0.1) is 11.7 Å². The predicted molar refractivity (Wildman–Crippen MR) is 137 cm³/mol. The van der Waals surface area contributed by atoms with Crippen LogP contribution in [-0.2, 0) is 9.47 Å². The highest BCUT2D eigenvalue weighted by Crippen LogP contribution is 2.50. The Morgan fingerprint density at radius 1 is 1.25 bits per heavy atom. The maximum Gasteiger partial charge on any atom is 0.408 e. The van der Waals surface area contributed by atoms with Crippen LogP contribution in [-0.4, -0.2) is 53.7 Å². The van der Waals surface area contributed by atoms with Crippen LogP contribution in [0.4, 0.5) is 14.9 Å². The number of carbonyl (C=O) groups is 2. The fourth-order valence-corrected chi connectivity index (χ4v) is 6.78. The second-order valence-corrected chi connectivity index (χ2v) is 12.1. The second-order valence-electron chi connectivity index (χ2n) is 11.1. The molecule has 194 valence electrons. The van der Waals surface area contributed by atoms with Crippen molar-refractivity contribution in [3.63, 3.8) is 0 Å². The van der Waals surface area contributed by atoms with Gasteiger partial charge >= 0.3 is 12.1 Å². The Balaban J connectivity index is 1.49. The molecule has 1 saturated carbocycles. The van der Waals surface area contributed by atoms with Gasteiger partial charge in [-0.05, 0) is 59.1 Å². The summed E-state index contributed by atoms with van der Waals surface area (Å²) in [6.45, 7) is 8.69. The highest BCUT2D eigenvalue weighted by Gasteiger charge is 2.53. The number of anilines is 1. The Morgan fingerprint density at radius 3 is 2.61 bits per heavy atom. The van der Waals surface area contributed by atoms with Crippen molar-refractivity contribution in [2.24, 2.45) is 5.92 Å². The van der Waals surface area contributed by atoms with E-state index < -0.39 is 23.2 Å². The number of carbonyl (C=O) groups excluding carboxylic acids is 2. The summed E-state index contributed by atoms with van der Waals surface area (Å²) in [6.07, 6.45) is 2.15. The number of halogens is 1. The maximum absolute atomic E-state index is 15.7. The molecule has 1 N–H and O–H groups in total. The van der Waals surface area contributed by atoms with Crippen molar-refractivity contribution in [3.05, 3.63) is 33.9 Å². The summed E-state index contributed by atoms with van der Waals surface area (Å²) in [7, 11) is 1.23. The first kappa shape index (κ1) is 24.9. The topological polar surface area (TPSA) is 89.9 Å². The zero-order chi connectivity index (χ0) is 26.0. The van der Waals surface area contributed by atoms with Gasteiger partial charge in [0.15, 0.2) is 0 Å². The molecular formula is C26H32FN3O5S. The van der Waals surface area contributed by atoms with E-state index in [2.05, 4.69) is 5.32 Å². The van der Waals surface area contributed by atoms with E-state index in [0.29, 0.717) is 35.4 Å². The van der Waals surface area contributed by atoms with Crippen LogP contribution in [0.25, 0.3) is 10.9 Å². The van der Waals surface area contributed by atoms with Crippen molar-refractivity contribution in [1.82, 2.24) is 9.88 Å². The lowest BCUT2D eigenvalue weighted by molar-refractivity contribution is 0.0476. The van der Waals surface area contributed by atoms with Gasteiger partial charge in [-0.15, -0.1) is 11.8 Å². The van der Waals surface area contributed by atoms with Crippen molar-refractivity contribution in [2.45, 2.75) is 69.0 Å². The third-order valence-electron chi connectivity index (χ3n) is 7.34. The fourth-order valence-electron chi connectivity index (χ4n) is 5.51. The molecule has 8 nitrogen and oxygen atoms in total. The van der Waals surface area contributed by atoms with E-state index in [0.717, 1.165) is 24.2 Å².